The van der Waals surface area contributed by atoms with Crippen molar-refractivity contribution in [2.45, 2.75) is 11.8 Å². The van der Waals surface area contributed by atoms with Gasteiger partial charge in [-0.15, -0.1) is 0 Å². The highest BCUT2D eigenvalue weighted by atomic mass is 32.2. The van der Waals surface area contributed by atoms with Gasteiger partial charge >= 0.3 is 5.69 Å². The number of sulfonamides is 1. The first-order valence-electron chi connectivity index (χ1n) is 4.83. The van der Waals surface area contributed by atoms with E-state index in [0.29, 0.717) is 0 Å². The summed E-state index contributed by atoms with van der Waals surface area (Å²) in [6.07, 6.45) is 1.42. The summed E-state index contributed by atoms with van der Waals surface area (Å²) in [6, 6.07) is 2.16. The van der Waals surface area contributed by atoms with Crippen LogP contribution in [0.4, 0.5) is 5.69 Å². The van der Waals surface area contributed by atoms with E-state index in [1.54, 1.807) is 0 Å². The number of primary sulfonamides is 1. The fraction of sp³-hybridized carbons (Fsp3) is 0.200. The van der Waals surface area contributed by atoms with E-state index in [2.05, 4.69) is 6.58 Å². The Morgan fingerprint density at radius 2 is 2.17 bits per heavy atom. The van der Waals surface area contributed by atoms with Crippen LogP contribution in [0.2, 0.25) is 0 Å². The summed E-state index contributed by atoms with van der Waals surface area (Å²) in [4.78, 5) is 9.82. The number of hydrogen-bond acceptors (Lipinski definition) is 5. The summed E-state index contributed by atoms with van der Waals surface area (Å²) in [7, 11) is -4.01. The molecule has 0 aliphatic heterocycles. The molecule has 0 fully saturated rings. The van der Waals surface area contributed by atoms with E-state index in [9.17, 15) is 18.5 Å². The predicted molar refractivity (Wildman–Crippen MR) is 64.9 cm³/mol. The lowest BCUT2D eigenvalue weighted by Crippen LogP contribution is -2.14. The number of hydrogen-bond donors (Lipinski definition) is 1. The van der Waals surface area contributed by atoms with E-state index in [4.69, 9.17) is 9.88 Å². The summed E-state index contributed by atoms with van der Waals surface area (Å²) in [5.41, 5.74) is -0.173. The van der Waals surface area contributed by atoms with Crippen LogP contribution in [-0.4, -0.2) is 19.9 Å². The highest BCUT2D eigenvalue weighted by Gasteiger charge is 2.22. The number of rotatable bonds is 5. The lowest BCUT2D eigenvalue weighted by Gasteiger charge is -2.08. The maximum atomic E-state index is 11.3. The fourth-order valence-electron chi connectivity index (χ4n) is 1.36. The van der Waals surface area contributed by atoms with Gasteiger partial charge < -0.3 is 4.74 Å². The Balaban J connectivity index is 3.44. The van der Waals surface area contributed by atoms with Gasteiger partial charge in [-0.3, -0.25) is 10.1 Å². The molecule has 0 bridgehead atoms. The van der Waals surface area contributed by atoms with Crippen LogP contribution < -0.4 is 9.88 Å². The van der Waals surface area contributed by atoms with Crippen molar-refractivity contribution in [3.63, 3.8) is 0 Å². The molecular weight excluding hydrogens is 260 g/mol. The molecule has 0 amide bonds. The topological polar surface area (TPSA) is 113 Å². The van der Waals surface area contributed by atoms with E-state index in [-0.39, 0.29) is 22.8 Å². The van der Waals surface area contributed by atoms with Crippen molar-refractivity contribution in [1.29, 1.82) is 0 Å². The molecule has 1 rings (SSSR count). The third-order valence-electron chi connectivity index (χ3n) is 2.12. The van der Waals surface area contributed by atoms with Crippen molar-refractivity contribution in [3.05, 3.63) is 40.5 Å². The Labute approximate surface area is 104 Å². The highest BCUT2D eigenvalue weighted by molar-refractivity contribution is 7.89. The van der Waals surface area contributed by atoms with E-state index < -0.39 is 20.6 Å². The van der Waals surface area contributed by atoms with Gasteiger partial charge in [0.05, 0.1) is 9.82 Å². The first-order valence-corrected chi connectivity index (χ1v) is 6.37. The van der Waals surface area contributed by atoms with Crippen molar-refractivity contribution in [2.75, 3.05) is 6.61 Å². The zero-order valence-electron chi connectivity index (χ0n) is 9.62. The van der Waals surface area contributed by atoms with Crippen molar-refractivity contribution >= 4 is 15.7 Å². The Morgan fingerprint density at radius 3 is 2.61 bits per heavy atom. The van der Waals surface area contributed by atoms with Crippen LogP contribution in [0.3, 0.4) is 0 Å². The fourth-order valence-corrected chi connectivity index (χ4v) is 2.15. The van der Waals surface area contributed by atoms with Gasteiger partial charge in [0.15, 0.2) is 5.75 Å². The molecule has 2 N–H and O–H groups in total. The molecule has 0 unspecified atom stereocenters. The third kappa shape index (κ3) is 3.05. The SMILES string of the molecule is C=CCOc1cc(C)c(S(N)(=O)=O)cc1[N+](=O)[O-]. The molecule has 18 heavy (non-hydrogen) atoms. The molecule has 0 aliphatic rings. The molecule has 98 valence electrons. The largest absolute Gasteiger partial charge is 0.483 e. The smallest absolute Gasteiger partial charge is 0.312 e. The molecular formula is C10H12N2O5S. The standard InChI is InChI=1S/C10H12N2O5S/c1-3-4-17-9-5-7(2)10(18(11,15)16)6-8(9)12(13)14/h3,5-6H,1,4H2,2H3,(H2,11,15,16). The van der Waals surface area contributed by atoms with Gasteiger partial charge in [-0.1, -0.05) is 12.7 Å². The minimum atomic E-state index is -4.01. The summed E-state index contributed by atoms with van der Waals surface area (Å²) >= 11 is 0. The number of benzene rings is 1. The molecule has 0 heterocycles. The normalized spacial score (nSPS) is 11.0. The number of nitrogens with zero attached hydrogens (tertiary/aromatic N) is 1. The van der Waals surface area contributed by atoms with Gasteiger partial charge in [-0.05, 0) is 18.6 Å². The molecule has 0 saturated carbocycles. The molecule has 8 heteroatoms. The molecule has 0 aliphatic carbocycles. The third-order valence-corrected chi connectivity index (χ3v) is 3.17. The van der Waals surface area contributed by atoms with Gasteiger partial charge in [-0.25, -0.2) is 13.6 Å². The van der Waals surface area contributed by atoms with Crippen molar-refractivity contribution in [3.8, 4) is 5.75 Å². The van der Waals surface area contributed by atoms with Crippen LogP contribution in [0.25, 0.3) is 0 Å². The quantitative estimate of drug-likeness (QED) is 0.490. The second-order valence-electron chi connectivity index (χ2n) is 3.49. The van der Waals surface area contributed by atoms with E-state index in [1.807, 2.05) is 0 Å². The average molecular weight is 272 g/mol. The Morgan fingerprint density at radius 1 is 1.56 bits per heavy atom. The number of nitro benzene ring substituents is 1. The number of nitrogens with two attached hydrogens (primary N) is 1. The molecule has 7 nitrogen and oxygen atoms in total. The molecule has 0 saturated heterocycles. The molecule has 0 spiro atoms. The summed E-state index contributed by atoms with van der Waals surface area (Å²) in [5.74, 6) is -0.0233. The van der Waals surface area contributed by atoms with Gasteiger partial charge in [0.2, 0.25) is 10.0 Å². The molecule has 0 atom stereocenters. The molecule has 0 radical (unpaired) electrons. The second kappa shape index (κ2) is 5.15. The Kier molecular flexibility index (Phi) is 4.04. The first-order chi connectivity index (χ1) is 8.27. The van der Waals surface area contributed by atoms with Crippen LogP contribution in [0, 0.1) is 17.0 Å². The molecule has 0 aromatic heterocycles. The zero-order chi connectivity index (χ0) is 13.9. The minimum absolute atomic E-state index is 0.0233. The molecule has 1 aromatic carbocycles. The van der Waals surface area contributed by atoms with Gasteiger partial charge in [0.1, 0.15) is 6.61 Å². The summed E-state index contributed by atoms with van der Waals surface area (Å²) < 4.78 is 27.6. The summed E-state index contributed by atoms with van der Waals surface area (Å²) in [5, 5.41) is 15.8. The van der Waals surface area contributed by atoms with Gasteiger partial charge in [0, 0.05) is 6.07 Å². The van der Waals surface area contributed by atoms with Crippen molar-refractivity contribution in [1.82, 2.24) is 0 Å². The van der Waals surface area contributed by atoms with Crippen LogP contribution in [-0.2, 0) is 10.0 Å². The Bertz CT molecular complexity index is 595. The highest BCUT2D eigenvalue weighted by Crippen LogP contribution is 2.32. The summed E-state index contributed by atoms with van der Waals surface area (Å²) in [6.45, 7) is 4.97. The lowest BCUT2D eigenvalue weighted by molar-refractivity contribution is -0.386. The number of nitro groups is 1. The van der Waals surface area contributed by atoms with E-state index in [0.717, 1.165) is 6.07 Å². The monoisotopic (exact) mass is 272 g/mol. The maximum Gasteiger partial charge on any atom is 0.312 e. The van der Waals surface area contributed by atoms with Gasteiger partial charge in [0.25, 0.3) is 0 Å². The van der Waals surface area contributed by atoms with Crippen molar-refractivity contribution in [2.24, 2.45) is 5.14 Å². The Hall–Kier alpha value is -1.93. The number of aryl methyl sites for hydroxylation is 1. The van der Waals surface area contributed by atoms with Crippen LogP contribution in [0.15, 0.2) is 29.7 Å². The lowest BCUT2D eigenvalue weighted by atomic mass is 10.2. The van der Waals surface area contributed by atoms with Gasteiger partial charge in [-0.2, -0.15) is 0 Å². The van der Waals surface area contributed by atoms with Crippen molar-refractivity contribution < 1.29 is 18.1 Å². The van der Waals surface area contributed by atoms with E-state index >= 15 is 0 Å². The first kappa shape index (κ1) is 14.1. The number of ether oxygens (including phenoxy) is 1. The molecule has 1 aromatic rings. The van der Waals surface area contributed by atoms with E-state index in [1.165, 1.54) is 19.1 Å². The average Bonchev–Trinajstić information content (AvgIpc) is 2.23. The second-order valence-corrected chi connectivity index (χ2v) is 5.02. The maximum absolute atomic E-state index is 11.3. The zero-order valence-corrected chi connectivity index (χ0v) is 10.4. The minimum Gasteiger partial charge on any atom is -0.483 e. The van der Waals surface area contributed by atoms with Crippen LogP contribution in [0.1, 0.15) is 5.56 Å². The predicted octanol–water partition coefficient (Wildman–Crippen LogP) is 1.12. The van der Waals surface area contributed by atoms with Crippen LogP contribution in [0.5, 0.6) is 5.75 Å². The van der Waals surface area contributed by atoms with Crippen LogP contribution >= 0.6 is 0 Å².